The van der Waals surface area contributed by atoms with Crippen LogP contribution in [0.2, 0.25) is 5.02 Å². The van der Waals surface area contributed by atoms with Crippen molar-refractivity contribution in [2.45, 2.75) is 62.3 Å². The van der Waals surface area contributed by atoms with Gasteiger partial charge in [0.05, 0.1) is 9.92 Å². The summed E-state index contributed by atoms with van der Waals surface area (Å²) in [6.07, 6.45) is 7.95. The van der Waals surface area contributed by atoms with E-state index in [1.807, 2.05) is 11.0 Å². The fourth-order valence-electron chi connectivity index (χ4n) is 4.84. The molecule has 0 atom stereocenters. The molecule has 8 heteroatoms. The van der Waals surface area contributed by atoms with Crippen molar-refractivity contribution in [1.82, 2.24) is 9.62 Å². The first kappa shape index (κ1) is 25.0. The Morgan fingerprint density at radius 1 is 1.00 bits per heavy atom. The molecule has 1 aliphatic carbocycles. The third-order valence-electron chi connectivity index (χ3n) is 6.83. The van der Waals surface area contributed by atoms with Gasteiger partial charge in [-0.05, 0) is 61.8 Å². The van der Waals surface area contributed by atoms with Gasteiger partial charge < -0.3 is 9.64 Å². The summed E-state index contributed by atoms with van der Waals surface area (Å²) in [4.78, 5) is 14.6. The molecule has 34 heavy (non-hydrogen) atoms. The number of piperidine rings is 1. The van der Waals surface area contributed by atoms with E-state index in [-0.39, 0.29) is 28.5 Å². The predicted molar refractivity (Wildman–Crippen MR) is 134 cm³/mol. The molecule has 0 bridgehead atoms. The van der Waals surface area contributed by atoms with Crippen LogP contribution < -0.4 is 9.46 Å². The Hall–Kier alpha value is -2.09. The van der Waals surface area contributed by atoms with Gasteiger partial charge in [0, 0.05) is 19.1 Å². The lowest BCUT2D eigenvalue weighted by atomic mass is 9.90. The molecule has 4 rings (SSSR count). The van der Waals surface area contributed by atoms with Gasteiger partial charge in [-0.3, -0.25) is 4.79 Å². The van der Waals surface area contributed by atoms with E-state index in [0.717, 1.165) is 64.5 Å². The topological polar surface area (TPSA) is 75.7 Å². The Kier molecular flexibility index (Phi) is 8.51. The SMILES string of the molecule is O=C(COc1ccc(S(=O)(=O)NC2CCCCC2)cc1Cl)N1CCC(Cc2ccccc2)CC1. The third kappa shape index (κ3) is 6.74. The molecule has 1 N–H and O–H groups in total. The number of amides is 1. The van der Waals surface area contributed by atoms with Gasteiger partial charge in [0.1, 0.15) is 5.75 Å². The van der Waals surface area contributed by atoms with Crippen molar-refractivity contribution in [3.8, 4) is 5.75 Å². The second-order valence-corrected chi connectivity index (χ2v) is 11.5. The zero-order valence-corrected chi connectivity index (χ0v) is 21.0. The highest BCUT2D eigenvalue weighted by Crippen LogP contribution is 2.29. The van der Waals surface area contributed by atoms with Crippen molar-refractivity contribution in [3.63, 3.8) is 0 Å². The second kappa shape index (κ2) is 11.6. The van der Waals surface area contributed by atoms with Gasteiger partial charge in [0.15, 0.2) is 6.61 Å². The summed E-state index contributed by atoms with van der Waals surface area (Å²) in [5.74, 6) is 0.814. The molecule has 1 amide bonds. The number of likely N-dealkylation sites (tertiary alicyclic amines) is 1. The van der Waals surface area contributed by atoms with Gasteiger partial charge in [0.2, 0.25) is 10.0 Å². The fraction of sp³-hybridized carbons (Fsp3) is 0.500. The summed E-state index contributed by atoms with van der Waals surface area (Å²) < 4.78 is 33.8. The standard InChI is InChI=1S/C26H33ClN2O4S/c27-24-18-23(34(31,32)28-22-9-5-2-6-10-22)11-12-25(24)33-19-26(30)29-15-13-21(14-16-29)17-20-7-3-1-4-8-20/h1,3-4,7-8,11-12,18,21-22,28H,2,5-6,9-10,13-17,19H2. The third-order valence-corrected chi connectivity index (χ3v) is 8.64. The van der Waals surface area contributed by atoms with Crippen LogP contribution in [0.1, 0.15) is 50.5 Å². The molecule has 0 radical (unpaired) electrons. The number of benzene rings is 2. The lowest BCUT2D eigenvalue weighted by Gasteiger charge is -2.32. The molecule has 1 heterocycles. The molecule has 0 aromatic heterocycles. The highest BCUT2D eigenvalue weighted by Gasteiger charge is 2.25. The van der Waals surface area contributed by atoms with Crippen molar-refractivity contribution in [2.75, 3.05) is 19.7 Å². The van der Waals surface area contributed by atoms with Gasteiger partial charge in [0.25, 0.3) is 5.91 Å². The monoisotopic (exact) mass is 504 g/mol. The first-order valence-electron chi connectivity index (χ1n) is 12.2. The van der Waals surface area contributed by atoms with Crippen molar-refractivity contribution in [1.29, 1.82) is 0 Å². The van der Waals surface area contributed by atoms with Crippen LogP contribution in [0.4, 0.5) is 0 Å². The molecule has 6 nitrogen and oxygen atoms in total. The van der Waals surface area contributed by atoms with Gasteiger partial charge in [-0.25, -0.2) is 13.1 Å². The molecule has 184 valence electrons. The van der Waals surface area contributed by atoms with E-state index in [1.165, 1.54) is 23.8 Å². The van der Waals surface area contributed by atoms with Crippen LogP contribution in [-0.4, -0.2) is 45.0 Å². The summed E-state index contributed by atoms with van der Waals surface area (Å²) in [6.45, 7) is 1.32. The number of nitrogens with zero attached hydrogens (tertiary/aromatic N) is 1. The molecular weight excluding hydrogens is 472 g/mol. The van der Waals surface area contributed by atoms with Crippen LogP contribution >= 0.6 is 11.6 Å². The first-order chi connectivity index (χ1) is 16.4. The van der Waals surface area contributed by atoms with Crippen LogP contribution in [0.3, 0.4) is 0 Å². The van der Waals surface area contributed by atoms with Gasteiger partial charge in [-0.1, -0.05) is 61.2 Å². The maximum Gasteiger partial charge on any atom is 0.260 e. The normalized spacial score (nSPS) is 18.1. The van der Waals surface area contributed by atoms with Crippen molar-refractivity contribution < 1.29 is 17.9 Å². The van der Waals surface area contributed by atoms with E-state index in [9.17, 15) is 13.2 Å². The minimum absolute atomic E-state index is 0.0251. The van der Waals surface area contributed by atoms with Gasteiger partial charge in [-0.15, -0.1) is 0 Å². The number of carbonyl (C=O) groups is 1. The zero-order chi connectivity index (χ0) is 24.0. The summed E-state index contributed by atoms with van der Waals surface area (Å²) >= 11 is 6.30. The quantitative estimate of drug-likeness (QED) is 0.559. The Labute approximate surface area is 207 Å². The highest BCUT2D eigenvalue weighted by atomic mass is 35.5. The smallest absolute Gasteiger partial charge is 0.260 e. The van der Waals surface area contributed by atoms with Crippen LogP contribution in [-0.2, 0) is 21.2 Å². The van der Waals surface area contributed by atoms with E-state index in [2.05, 4.69) is 29.0 Å². The molecule has 0 spiro atoms. The summed E-state index contributed by atoms with van der Waals surface area (Å²) in [6, 6.07) is 14.8. The average molecular weight is 505 g/mol. The van der Waals surface area contributed by atoms with Gasteiger partial charge >= 0.3 is 0 Å². The number of carbonyl (C=O) groups excluding carboxylic acids is 1. The minimum atomic E-state index is -3.64. The maximum absolute atomic E-state index is 12.7. The number of rotatable bonds is 8. The summed E-state index contributed by atoms with van der Waals surface area (Å²) in [7, 11) is -3.64. The van der Waals surface area contributed by atoms with Crippen molar-refractivity contribution in [2.24, 2.45) is 5.92 Å². The molecule has 1 saturated heterocycles. The van der Waals surface area contributed by atoms with E-state index in [4.69, 9.17) is 16.3 Å². The molecule has 2 aliphatic rings. The van der Waals surface area contributed by atoms with Crippen LogP contribution in [0.5, 0.6) is 5.75 Å². The number of ether oxygens (including phenoxy) is 1. The lowest BCUT2D eigenvalue weighted by Crippen LogP contribution is -2.41. The minimum Gasteiger partial charge on any atom is -0.482 e. The average Bonchev–Trinajstić information content (AvgIpc) is 2.84. The van der Waals surface area contributed by atoms with E-state index in [0.29, 0.717) is 11.7 Å². The zero-order valence-electron chi connectivity index (χ0n) is 19.4. The van der Waals surface area contributed by atoms with Crippen molar-refractivity contribution >= 4 is 27.5 Å². The molecule has 2 fully saturated rings. The number of hydrogen-bond donors (Lipinski definition) is 1. The predicted octanol–water partition coefficient (Wildman–Crippen LogP) is 4.81. The highest BCUT2D eigenvalue weighted by molar-refractivity contribution is 7.89. The van der Waals surface area contributed by atoms with Crippen LogP contribution in [0.25, 0.3) is 0 Å². The number of hydrogen-bond acceptors (Lipinski definition) is 4. The van der Waals surface area contributed by atoms with E-state index in [1.54, 1.807) is 0 Å². The Morgan fingerprint density at radius 2 is 1.71 bits per heavy atom. The Balaban J connectivity index is 1.26. The lowest BCUT2D eigenvalue weighted by molar-refractivity contribution is -0.134. The van der Waals surface area contributed by atoms with E-state index >= 15 is 0 Å². The Bertz CT molecular complexity index is 1060. The fourth-order valence-corrected chi connectivity index (χ4v) is 6.47. The summed E-state index contributed by atoms with van der Waals surface area (Å²) in [5, 5.41) is 0.181. The van der Waals surface area contributed by atoms with Crippen LogP contribution in [0, 0.1) is 5.92 Å². The second-order valence-electron chi connectivity index (χ2n) is 9.35. The molecule has 1 saturated carbocycles. The molecular formula is C26H33ClN2O4S. The number of nitrogens with one attached hydrogen (secondary N) is 1. The molecule has 0 unspecified atom stereocenters. The summed E-state index contributed by atoms with van der Waals surface area (Å²) in [5.41, 5.74) is 1.34. The molecule has 2 aromatic carbocycles. The largest absolute Gasteiger partial charge is 0.482 e. The van der Waals surface area contributed by atoms with E-state index < -0.39 is 10.0 Å². The Morgan fingerprint density at radius 3 is 2.38 bits per heavy atom. The number of sulfonamides is 1. The van der Waals surface area contributed by atoms with Crippen LogP contribution in [0.15, 0.2) is 53.4 Å². The maximum atomic E-state index is 12.7. The number of halogens is 1. The molecule has 1 aliphatic heterocycles. The van der Waals surface area contributed by atoms with Gasteiger partial charge in [-0.2, -0.15) is 0 Å². The molecule has 2 aromatic rings. The van der Waals surface area contributed by atoms with Crippen molar-refractivity contribution in [3.05, 3.63) is 59.1 Å². The first-order valence-corrected chi connectivity index (χ1v) is 14.0.